The fourth-order valence-electron chi connectivity index (χ4n) is 2.40. The first-order valence-electron chi connectivity index (χ1n) is 7.49. The molecule has 0 aromatic rings. The van der Waals surface area contributed by atoms with Crippen LogP contribution in [-0.2, 0) is 9.68 Å². The van der Waals surface area contributed by atoms with Crippen molar-refractivity contribution >= 4 is 5.97 Å². The Morgan fingerprint density at radius 1 is 1.14 bits per heavy atom. The fraction of sp³-hybridized carbons (Fsp3) is 0.923. The SMILES string of the molecule is CC(COO)N1CCNCCN(CC(=O)O)CCNCC1. The standard InChI is InChI=1S/C13H28N4O4/c1-12(11-21-20)17-8-4-14-2-6-16(10-13(18)19)7-3-15-5-9-17/h12,14-15,20H,2-11H2,1H3,(H,18,19). The summed E-state index contributed by atoms with van der Waals surface area (Å²) < 4.78 is 0. The molecule has 4 N–H and O–H groups in total. The first-order valence-corrected chi connectivity index (χ1v) is 7.49. The number of carboxylic acids is 1. The second-order valence-corrected chi connectivity index (χ2v) is 5.35. The summed E-state index contributed by atoms with van der Waals surface area (Å²) in [6.45, 7) is 8.79. The van der Waals surface area contributed by atoms with Crippen molar-refractivity contribution in [1.82, 2.24) is 20.4 Å². The molecule has 0 amide bonds. The van der Waals surface area contributed by atoms with Gasteiger partial charge in [0.05, 0.1) is 13.2 Å². The molecule has 1 fully saturated rings. The van der Waals surface area contributed by atoms with E-state index in [1.165, 1.54) is 0 Å². The number of carbonyl (C=O) groups is 1. The van der Waals surface area contributed by atoms with Crippen molar-refractivity contribution in [1.29, 1.82) is 0 Å². The van der Waals surface area contributed by atoms with Gasteiger partial charge >= 0.3 is 5.97 Å². The van der Waals surface area contributed by atoms with E-state index in [-0.39, 0.29) is 12.6 Å². The molecule has 8 nitrogen and oxygen atoms in total. The number of nitrogens with zero attached hydrogens (tertiary/aromatic N) is 2. The van der Waals surface area contributed by atoms with Crippen molar-refractivity contribution in [3.05, 3.63) is 0 Å². The monoisotopic (exact) mass is 304 g/mol. The normalized spacial score (nSPS) is 22.2. The number of hydrogen-bond acceptors (Lipinski definition) is 7. The highest BCUT2D eigenvalue weighted by Crippen LogP contribution is 1.98. The van der Waals surface area contributed by atoms with Gasteiger partial charge in [0, 0.05) is 58.4 Å². The van der Waals surface area contributed by atoms with Crippen LogP contribution < -0.4 is 10.6 Å². The Bertz CT molecular complexity index is 279. The average Bonchev–Trinajstić information content (AvgIpc) is 2.41. The van der Waals surface area contributed by atoms with E-state index in [9.17, 15) is 4.79 Å². The molecule has 1 saturated heterocycles. The maximum absolute atomic E-state index is 10.8. The zero-order valence-electron chi connectivity index (χ0n) is 12.8. The van der Waals surface area contributed by atoms with E-state index in [4.69, 9.17) is 10.4 Å². The minimum absolute atomic E-state index is 0.0837. The van der Waals surface area contributed by atoms with Gasteiger partial charge in [-0.15, -0.1) is 0 Å². The summed E-state index contributed by atoms with van der Waals surface area (Å²) in [5.74, 6) is -0.786. The molecule has 1 unspecified atom stereocenters. The molecule has 0 radical (unpaired) electrons. The highest BCUT2D eigenvalue weighted by molar-refractivity contribution is 5.69. The number of aliphatic carboxylic acids is 1. The third kappa shape index (κ3) is 8.30. The Morgan fingerprint density at radius 3 is 2.14 bits per heavy atom. The second-order valence-electron chi connectivity index (χ2n) is 5.35. The molecule has 0 saturated carbocycles. The Balaban J connectivity index is 2.40. The average molecular weight is 304 g/mol. The first kappa shape index (κ1) is 18.3. The molecule has 1 heterocycles. The minimum Gasteiger partial charge on any atom is -0.480 e. The van der Waals surface area contributed by atoms with Gasteiger partial charge < -0.3 is 15.7 Å². The molecular formula is C13H28N4O4. The Morgan fingerprint density at radius 2 is 1.67 bits per heavy atom. The highest BCUT2D eigenvalue weighted by atomic mass is 17.1. The van der Waals surface area contributed by atoms with Gasteiger partial charge in [0.1, 0.15) is 0 Å². The largest absolute Gasteiger partial charge is 0.480 e. The molecule has 1 aliphatic heterocycles. The van der Waals surface area contributed by atoms with Crippen LogP contribution in [0.25, 0.3) is 0 Å². The highest BCUT2D eigenvalue weighted by Gasteiger charge is 2.15. The van der Waals surface area contributed by atoms with Crippen LogP contribution in [0.3, 0.4) is 0 Å². The van der Waals surface area contributed by atoms with Gasteiger partial charge in [0.25, 0.3) is 0 Å². The van der Waals surface area contributed by atoms with E-state index in [0.717, 1.165) is 52.4 Å². The quantitative estimate of drug-likeness (QED) is 0.369. The molecule has 1 atom stereocenters. The molecule has 0 aromatic carbocycles. The van der Waals surface area contributed by atoms with Gasteiger partial charge in [-0.2, -0.15) is 0 Å². The lowest BCUT2D eigenvalue weighted by molar-refractivity contribution is -0.250. The topological polar surface area (TPSA) is 97.3 Å². The summed E-state index contributed by atoms with van der Waals surface area (Å²) in [5.41, 5.74) is 0. The zero-order valence-corrected chi connectivity index (χ0v) is 12.8. The van der Waals surface area contributed by atoms with Gasteiger partial charge in [-0.1, -0.05) is 0 Å². The van der Waals surface area contributed by atoms with Crippen LogP contribution in [0.2, 0.25) is 0 Å². The summed E-state index contributed by atoms with van der Waals surface area (Å²) in [6, 6.07) is 0.157. The maximum Gasteiger partial charge on any atom is 0.317 e. The van der Waals surface area contributed by atoms with Gasteiger partial charge in [0.2, 0.25) is 0 Å². The van der Waals surface area contributed by atoms with E-state index >= 15 is 0 Å². The molecule has 8 heteroatoms. The fourth-order valence-corrected chi connectivity index (χ4v) is 2.40. The zero-order chi connectivity index (χ0) is 15.5. The molecule has 0 aliphatic carbocycles. The summed E-state index contributed by atoms with van der Waals surface area (Å²) in [5, 5.41) is 24.1. The summed E-state index contributed by atoms with van der Waals surface area (Å²) >= 11 is 0. The van der Waals surface area contributed by atoms with Crippen LogP contribution in [0.15, 0.2) is 0 Å². The Hall–Kier alpha value is -0.770. The predicted molar refractivity (Wildman–Crippen MR) is 79.4 cm³/mol. The van der Waals surface area contributed by atoms with E-state index in [1.54, 1.807) is 0 Å². The second kappa shape index (κ2) is 10.9. The van der Waals surface area contributed by atoms with E-state index < -0.39 is 5.97 Å². The van der Waals surface area contributed by atoms with Gasteiger partial charge in [-0.25, -0.2) is 4.89 Å². The van der Waals surface area contributed by atoms with Crippen molar-refractivity contribution in [3.63, 3.8) is 0 Å². The molecule has 21 heavy (non-hydrogen) atoms. The van der Waals surface area contributed by atoms with Crippen LogP contribution in [-0.4, -0.2) is 97.7 Å². The van der Waals surface area contributed by atoms with Crippen LogP contribution >= 0.6 is 0 Å². The van der Waals surface area contributed by atoms with Crippen molar-refractivity contribution in [2.45, 2.75) is 13.0 Å². The molecular weight excluding hydrogens is 276 g/mol. The van der Waals surface area contributed by atoms with E-state index in [2.05, 4.69) is 20.4 Å². The third-order valence-electron chi connectivity index (χ3n) is 3.66. The molecule has 1 aliphatic rings. The van der Waals surface area contributed by atoms with Gasteiger partial charge in [-0.3, -0.25) is 19.9 Å². The summed E-state index contributed by atoms with van der Waals surface area (Å²) in [7, 11) is 0. The van der Waals surface area contributed by atoms with Gasteiger partial charge in [-0.05, 0) is 6.92 Å². The Labute approximate surface area is 126 Å². The lowest BCUT2D eigenvalue weighted by atomic mass is 10.3. The van der Waals surface area contributed by atoms with Crippen molar-refractivity contribution in [2.75, 3.05) is 65.5 Å². The van der Waals surface area contributed by atoms with Crippen LogP contribution in [0.4, 0.5) is 0 Å². The maximum atomic E-state index is 10.8. The minimum atomic E-state index is -0.786. The molecule has 124 valence electrons. The smallest absolute Gasteiger partial charge is 0.317 e. The lowest BCUT2D eigenvalue weighted by Crippen LogP contribution is -2.47. The van der Waals surface area contributed by atoms with Crippen molar-refractivity contribution in [2.24, 2.45) is 0 Å². The molecule has 0 bridgehead atoms. The summed E-state index contributed by atoms with van der Waals surface area (Å²) in [4.78, 5) is 19.2. The Kier molecular flexibility index (Phi) is 9.48. The molecule has 0 spiro atoms. The number of carboxylic acid groups (broad SMARTS) is 1. The van der Waals surface area contributed by atoms with Crippen molar-refractivity contribution in [3.8, 4) is 0 Å². The lowest BCUT2D eigenvalue weighted by Gasteiger charge is -2.29. The van der Waals surface area contributed by atoms with Crippen LogP contribution in [0, 0.1) is 0 Å². The summed E-state index contributed by atoms with van der Waals surface area (Å²) in [6.07, 6.45) is 0. The van der Waals surface area contributed by atoms with Crippen LogP contribution in [0.1, 0.15) is 6.92 Å². The first-order chi connectivity index (χ1) is 10.1. The molecule has 1 rings (SSSR count). The predicted octanol–water partition coefficient (Wildman–Crippen LogP) is -1.25. The number of nitrogens with one attached hydrogen (secondary N) is 2. The van der Waals surface area contributed by atoms with Gasteiger partial charge in [0.15, 0.2) is 0 Å². The number of hydrogen-bond donors (Lipinski definition) is 4. The van der Waals surface area contributed by atoms with Crippen molar-refractivity contribution < 1.29 is 20.0 Å². The van der Waals surface area contributed by atoms with E-state index in [0.29, 0.717) is 6.61 Å². The number of rotatable bonds is 5. The third-order valence-corrected chi connectivity index (χ3v) is 3.66. The molecule has 0 aromatic heterocycles. The van der Waals surface area contributed by atoms with Crippen LogP contribution in [0.5, 0.6) is 0 Å². The van der Waals surface area contributed by atoms with E-state index in [1.807, 2.05) is 11.8 Å².